The van der Waals surface area contributed by atoms with Gasteiger partial charge in [-0.05, 0) is 31.7 Å². The first-order valence-corrected chi connectivity index (χ1v) is 8.10. The molecule has 2 unspecified atom stereocenters. The number of para-hydroxylation sites is 1. The standard InChI is InChI=1S/C15H19N2OP/c1-13(14-9-5-3-6-10-14)19(18,16-2)17-15-11-7-4-8-12-15/h3-13H,1-2H3,(H2,16,17,18). The van der Waals surface area contributed by atoms with Crippen molar-refractivity contribution in [1.82, 2.24) is 5.09 Å². The van der Waals surface area contributed by atoms with Gasteiger partial charge < -0.3 is 5.09 Å². The van der Waals surface area contributed by atoms with Gasteiger partial charge in [0, 0.05) is 5.69 Å². The zero-order valence-corrected chi connectivity index (χ0v) is 12.1. The van der Waals surface area contributed by atoms with Gasteiger partial charge in [-0.1, -0.05) is 48.5 Å². The van der Waals surface area contributed by atoms with E-state index in [1.54, 1.807) is 7.05 Å². The quantitative estimate of drug-likeness (QED) is 0.800. The van der Waals surface area contributed by atoms with E-state index in [9.17, 15) is 4.57 Å². The van der Waals surface area contributed by atoms with Gasteiger partial charge in [-0.15, -0.1) is 0 Å². The van der Waals surface area contributed by atoms with Crippen molar-refractivity contribution in [3.05, 3.63) is 66.2 Å². The number of benzene rings is 2. The summed E-state index contributed by atoms with van der Waals surface area (Å²) in [6.07, 6.45) is 0. The summed E-state index contributed by atoms with van der Waals surface area (Å²) in [5.74, 6) is 0. The summed E-state index contributed by atoms with van der Waals surface area (Å²) in [6.45, 7) is 1.97. The molecule has 0 spiro atoms. The number of hydrogen-bond donors (Lipinski definition) is 2. The molecule has 3 nitrogen and oxygen atoms in total. The molecule has 2 aromatic carbocycles. The Hall–Kier alpha value is -1.57. The molecule has 0 aromatic heterocycles. The van der Waals surface area contributed by atoms with Crippen molar-refractivity contribution in [2.24, 2.45) is 0 Å². The lowest BCUT2D eigenvalue weighted by Gasteiger charge is -2.26. The van der Waals surface area contributed by atoms with Crippen LogP contribution in [0, 0.1) is 0 Å². The van der Waals surface area contributed by atoms with Gasteiger partial charge in [0.15, 0.2) is 0 Å². The second-order valence-corrected chi connectivity index (χ2v) is 7.21. The molecule has 2 rings (SSSR count). The molecule has 0 saturated carbocycles. The Morgan fingerprint density at radius 1 is 0.947 bits per heavy atom. The summed E-state index contributed by atoms with van der Waals surface area (Å²) in [7, 11) is -1.00. The topological polar surface area (TPSA) is 41.1 Å². The highest BCUT2D eigenvalue weighted by molar-refractivity contribution is 7.63. The Labute approximate surface area is 114 Å². The molecule has 100 valence electrons. The van der Waals surface area contributed by atoms with E-state index >= 15 is 0 Å². The van der Waals surface area contributed by atoms with Crippen molar-refractivity contribution < 1.29 is 4.57 Å². The minimum Gasteiger partial charge on any atom is -0.324 e. The van der Waals surface area contributed by atoms with Crippen LogP contribution in [0.5, 0.6) is 0 Å². The average Bonchev–Trinajstić information content (AvgIpc) is 2.48. The lowest BCUT2D eigenvalue weighted by Crippen LogP contribution is -2.16. The van der Waals surface area contributed by atoms with Gasteiger partial charge in [0.25, 0.3) is 0 Å². The Morgan fingerprint density at radius 3 is 2.00 bits per heavy atom. The summed E-state index contributed by atoms with van der Waals surface area (Å²) in [6, 6.07) is 19.5. The van der Waals surface area contributed by atoms with Crippen LogP contribution in [-0.2, 0) is 4.57 Å². The molecule has 0 aliphatic rings. The summed E-state index contributed by atoms with van der Waals surface area (Å²) in [5.41, 5.74) is 1.82. The second-order valence-electron chi connectivity index (χ2n) is 4.45. The van der Waals surface area contributed by atoms with Gasteiger partial charge in [0.05, 0.1) is 5.66 Å². The van der Waals surface area contributed by atoms with Gasteiger partial charge in [0.2, 0.25) is 7.44 Å². The van der Waals surface area contributed by atoms with Crippen molar-refractivity contribution >= 4 is 13.1 Å². The molecular weight excluding hydrogens is 255 g/mol. The Balaban J connectivity index is 2.25. The van der Waals surface area contributed by atoms with Crippen LogP contribution in [0.15, 0.2) is 60.7 Å². The summed E-state index contributed by atoms with van der Waals surface area (Å²) >= 11 is 0. The fourth-order valence-corrected chi connectivity index (χ4v) is 3.81. The first-order valence-electron chi connectivity index (χ1n) is 6.33. The fraction of sp³-hybridized carbons (Fsp3) is 0.200. The van der Waals surface area contributed by atoms with Gasteiger partial charge in [-0.2, -0.15) is 0 Å². The maximum Gasteiger partial charge on any atom is 0.241 e. The molecule has 4 heteroatoms. The molecule has 0 aliphatic carbocycles. The van der Waals surface area contributed by atoms with Crippen LogP contribution in [0.4, 0.5) is 5.69 Å². The maximum atomic E-state index is 13.0. The molecule has 0 bridgehead atoms. The van der Waals surface area contributed by atoms with Crippen molar-refractivity contribution in [2.75, 3.05) is 12.1 Å². The number of anilines is 1. The largest absolute Gasteiger partial charge is 0.324 e. The van der Waals surface area contributed by atoms with Crippen LogP contribution in [0.25, 0.3) is 0 Å². The first-order chi connectivity index (χ1) is 9.15. The summed E-state index contributed by atoms with van der Waals surface area (Å²) in [4.78, 5) is 0. The van der Waals surface area contributed by atoms with Gasteiger partial charge in [-0.25, -0.2) is 0 Å². The summed E-state index contributed by atoms with van der Waals surface area (Å²) in [5, 5.41) is 6.12. The van der Waals surface area contributed by atoms with Crippen LogP contribution in [0.3, 0.4) is 0 Å². The van der Waals surface area contributed by atoms with Crippen molar-refractivity contribution in [1.29, 1.82) is 0 Å². The van der Waals surface area contributed by atoms with Crippen LogP contribution < -0.4 is 10.2 Å². The van der Waals surface area contributed by atoms with Gasteiger partial charge in [0.1, 0.15) is 0 Å². The normalized spacial score (nSPS) is 15.5. The van der Waals surface area contributed by atoms with Crippen molar-refractivity contribution in [3.63, 3.8) is 0 Å². The zero-order valence-electron chi connectivity index (χ0n) is 11.2. The lowest BCUT2D eigenvalue weighted by atomic mass is 10.2. The third-order valence-electron chi connectivity index (χ3n) is 3.23. The highest BCUT2D eigenvalue weighted by Crippen LogP contribution is 2.54. The maximum absolute atomic E-state index is 13.0. The molecule has 0 heterocycles. The second kappa shape index (κ2) is 6.05. The Kier molecular flexibility index (Phi) is 4.41. The molecule has 0 amide bonds. The Bertz CT molecular complexity index is 557. The zero-order chi connectivity index (χ0) is 13.7. The molecule has 2 N–H and O–H groups in total. The van der Waals surface area contributed by atoms with E-state index in [1.165, 1.54) is 0 Å². The minimum atomic E-state index is -2.74. The van der Waals surface area contributed by atoms with Crippen LogP contribution in [0.1, 0.15) is 18.1 Å². The molecule has 0 fully saturated rings. The Morgan fingerprint density at radius 2 is 1.47 bits per heavy atom. The van der Waals surface area contributed by atoms with Crippen LogP contribution >= 0.6 is 7.44 Å². The molecule has 0 saturated heterocycles. The minimum absolute atomic E-state index is 0.0982. The highest BCUT2D eigenvalue weighted by Gasteiger charge is 2.29. The fourth-order valence-electron chi connectivity index (χ4n) is 1.99. The predicted octanol–water partition coefficient (Wildman–Crippen LogP) is 4.27. The number of rotatable bonds is 5. The van der Waals surface area contributed by atoms with E-state index < -0.39 is 7.44 Å². The molecule has 2 aromatic rings. The third-order valence-corrected chi connectivity index (χ3v) is 5.87. The van der Waals surface area contributed by atoms with E-state index in [0.717, 1.165) is 11.3 Å². The van der Waals surface area contributed by atoms with Crippen molar-refractivity contribution in [3.8, 4) is 0 Å². The molecule has 0 aliphatic heterocycles. The first kappa shape index (κ1) is 13.9. The monoisotopic (exact) mass is 274 g/mol. The number of hydrogen-bond acceptors (Lipinski definition) is 1. The van der Waals surface area contributed by atoms with Gasteiger partial charge >= 0.3 is 0 Å². The molecule has 0 radical (unpaired) electrons. The number of nitrogens with one attached hydrogen (secondary N) is 2. The van der Waals surface area contributed by atoms with Crippen LogP contribution in [-0.4, -0.2) is 7.05 Å². The molecule has 2 atom stereocenters. The summed E-state index contributed by atoms with van der Waals surface area (Å²) < 4.78 is 13.0. The molecular formula is C15H19N2OP. The van der Waals surface area contributed by atoms with Gasteiger partial charge in [-0.3, -0.25) is 9.65 Å². The average molecular weight is 274 g/mol. The molecule has 19 heavy (non-hydrogen) atoms. The van der Waals surface area contributed by atoms with E-state index in [4.69, 9.17) is 0 Å². The smallest absolute Gasteiger partial charge is 0.241 e. The van der Waals surface area contributed by atoms with E-state index in [1.807, 2.05) is 67.6 Å². The van der Waals surface area contributed by atoms with Crippen molar-refractivity contribution in [2.45, 2.75) is 12.6 Å². The van der Waals surface area contributed by atoms with E-state index in [-0.39, 0.29) is 5.66 Å². The van der Waals surface area contributed by atoms with E-state index in [2.05, 4.69) is 10.2 Å². The lowest BCUT2D eigenvalue weighted by molar-refractivity contribution is 0.565. The highest BCUT2D eigenvalue weighted by atomic mass is 31.2. The third kappa shape index (κ3) is 3.25. The van der Waals surface area contributed by atoms with Crippen LogP contribution in [0.2, 0.25) is 0 Å². The SMILES string of the molecule is CNP(=O)(Nc1ccccc1)C(C)c1ccccc1. The van der Waals surface area contributed by atoms with E-state index in [0.29, 0.717) is 0 Å². The predicted molar refractivity (Wildman–Crippen MR) is 81.6 cm³/mol.